The molecule has 0 saturated carbocycles. The number of hydrogen-bond donors (Lipinski definition) is 1. The minimum absolute atomic E-state index is 0.516. The summed E-state index contributed by atoms with van der Waals surface area (Å²) in [6.45, 7) is 0. The monoisotopic (exact) mass is 254 g/mol. The Morgan fingerprint density at radius 2 is 2.00 bits per heavy atom. The van der Waals surface area contributed by atoms with Crippen molar-refractivity contribution in [2.24, 2.45) is 5.16 Å². The molecular formula is C14H10N2OS. The van der Waals surface area contributed by atoms with E-state index in [0.717, 1.165) is 15.6 Å². The van der Waals surface area contributed by atoms with Crippen molar-refractivity contribution in [2.45, 2.75) is 0 Å². The number of fused-ring (bicyclic) bond motifs is 1. The van der Waals surface area contributed by atoms with Gasteiger partial charge in [0.1, 0.15) is 11.4 Å². The van der Waals surface area contributed by atoms with Crippen molar-refractivity contribution in [1.29, 1.82) is 0 Å². The minimum atomic E-state index is 0.516. The van der Waals surface area contributed by atoms with Gasteiger partial charge < -0.3 is 5.21 Å². The van der Waals surface area contributed by atoms with Crippen LogP contribution in [0.15, 0.2) is 59.2 Å². The molecule has 0 unspecified atom stereocenters. The van der Waals surface area contributed by atoms with E-state index < -0.39 is 0 Å². The number of oxime groups is 1. The van der Waals surface area contributed by atoms with Crippen LogP contribution in [0.1, 0.15) is 10.6 Å². The van der Waals surface area contributed by atoms with Gasteiger partial charge in [-0.05, 0) is 22.9 Å². The minimum Gasteiger partial charge on any atom is -0.410 e. The van der Waals surface area contributed by atoms with E-state index in [1.54, 1.807) is 6.20 Å². The highest BCUT2D eigenvalue weighted by atomic mass is 32.1. The summed E-state index contributed by atoms with van der Waals surface area (Å²) in [6.07, 6.45) is 1.73. The summed E-state index contributed by atoms with van der Waals surface area (Å²) < 4.78 is 0. The third-order valence-electron chi connectivity index (χ3n) is 2.75. The van der Waals surface area contributed by atoms with Gasteiger partial charge in [-0.1, -0.05) is 35.5 Å². The van der Waals surface area contributed by atoms with Crippen molar-refractivity contribution < 1.29 is 5.21 Å². The van der Waals surface area contributed by atoms with Gasteiger partial charge in [-0.3, -0.25) is 4.98 Å². The third kappa shape index (κ3) is 1.76. The van der Waals surface area contributed by atoms with Crippen molar-refractivity contribution in [1.82, 2.24) is 4.98 Å². The maximum atomic E-state index is 9.27. The zero-order valence-electron chi connectivity index (χ0n) is 9.45. The molecule has 3 rings (SSSR count). The lowest BCUT2D eigenvalue weighted by Gasteiger charge is -2.05. The van der Waals surface area contributed by atoms with E-state index in [0.29, 0.717) is 11.4 Å². The SMILES string of the molecule is O/N=C(\c1cccs1)c1nccc2ccccc12. The van der Waals surface area contributed by atoms with E-state index >= 15 is 0 Å². The van der Waals surface area contributed by atoms with Gasteiger partial charge in [0.05, 0.1) is 4.88 Å². The number of thiophene rings is 1. The summed E-state index contributed by atoms with van der Waals surface area (Å²) in [5.41, 5.74) is 1.22. The highest BCUT2D eigenvalue weighted by Crippen LogP contribution is 2.21. The predicted molar refractivity (Wildman–Crippen MR) is 73.5 cm³/mol. The lowest BCUT2D eigenvalue weighted by molar-refractivity contribution is 0.319. The van der Waals surface area contributed by atoms with E-state index in [1.807, 2.05) is 47.8 Å². The van der Waals surface area contributed by atoms with Crippen LogP contribution in [0.5, 0.6) is 0 Å². The predicted octanol–water partition coefficient (Wildman–Crippen LogP) is 3.52. The van der Waals surface area contributed by atoms with Gasteiger partial charge in [-0.15, -0.1) is 11.3 Å². The van der Waals surface area contributed by atoms with E-state index in [1.165, 1.54) is 11.3 Å². The van der Waals surface area contributed by atoms with Gasteiger partial charge in [0, 0.05) is 11.6 Å². The van der Waals surface area contributed by atoms with Crippen LogP contribution < -0.4 is 0 Å². The molecule has 0 bridgehead atoms. The normalized spacial score (nSPS) is 11.9. The first-order chi connectivity index (χ1) is 8.90. The van der Waals surface area contributed by atoms with Gasteiger partial charge in [0.2, 0.25) is 0 Å². The molecule has 0 fully saturated rings. The van der Waals surface area contributed by atoms with Crippen LogP contribution in [-0.4, -0.2) is 15.9 Å². The van der Waals surface area contributed by atoms with Crippen molar-refractivity contribution in [3.63, 3.8) is 0 Å². The summed E-state index contributed by atoms with van der Waals surface area (Å²) in [7, 11) is 0. The molecule has 1 aromatic carbocycles. The van der Waals surface area contributed by atoms with Crippen LogP contribution in [0, 0.1) is 0 Å². The molecule has 4 heteroatoms. The third-order valence-corrected chi connectivity index (χ3v) is 3.63. The largest absolute Gasteiger partial charge is 0.410 e. The van der Waals surface area contributed by atoms with Crippen molar-refractivity contribution >= 4 is 27.8 Å². The Labute approximate surface area is 108 Å². The molecule has 0 aliphatic rings. The molecule has 1 N–H and O–H groups in total. The van der Waals surface area contributed by atoms with E-state index in [4.69, 9.17) is 0 Å². The van der Waals surface area contributed by atoms with Gasteiger partial charge in [0.15, 0.2) is 0 Å². The Kier molecular flexibility index (Phi) is 2.78. The van der Waals surface area contributed by atoms with Gasteiger partial charge in [-0.25, -0.2) is 0 Å². The van der Waals surface area contributed by atoms with E-state index in [-0.39, 0.29) is 0 Å². The first-order valence-electron chi connectivity index (χ1n) is 5.50. The Balaban J connectivity index is 2.26. The second-order valence-electron chi connectivity index (χ2n) is 3.81. The first kappa shape index (κ1) is 10.9. The second-order valence-corrected chi connectivity index (χ2v) is 4.75. The zero-order valence-corrected chi connectivity index (χ0v) is 10.3. The number of aromatic nitrogens is 1. The summed E-state index contributed by atoms with van der Waals surface area (Å²) >= 11 is 1.53. The lowest BCUT2D eigenvalue weighted by Crippen LogP contribution is -2.04. The quantitative estimate of drug-likeness (QED) is 0.432. The molecule has 3 aromatic rings. The number of benzene rings is 1. The summed E-state index contributed by atoms with van der Waals surface area (Å²) in [5, 5.41) is 16.7. The van der Waals surface area contributed by atoms with Gasteiger partial charge in [0.25, 0.3) is 0 Å². The smallest absolute Gasteiger partial charge is 0.146 e. The Hall–Kier alpha value is -2.20. The molecule has 0 aliphatic heterocycles. The van der Waals surface area contributed by atoms with E-state index in [9.17, 15) is 5.21 Å². The van der Waals surface area contributed by atoms with E-state index in [2.05, 4.69) is 10.1 Å². The van der Waals surface area contributed by atoms with Crippen molar-refractivity contribution in [3.05, 3.63) is 64.6 Å². The molecule has 0 saturated heterocycles. The number of rotatable bonds is 2. The second kappa shape index (κ2) is 4.58. The molecule has 2 heterocycles. The van der Waals surface area contributed by atoms with Crippen LogP contribution in [0.2, 0.25) is 0 Å². The Morgan fingerprint density at radius 1 is 1.11 bits per heavy atom. The van der Waals surface area contributed by atoms with Crippen LogP contribution >= 0.6 is 11.3 Å². The molecule has 0 radical (unpaired) electrons. The van der Waals surface area contributed by atoms with Crippen LogP contribution in [0.3, 0.4) is 0 Å². The van der Waals surface area contributed by atoms with Gasteiger partial charge in [-0.2, -0.15) is 0 Å². The molecule has 0 atom stereocenters. The van der Waals surface area contributed by atoms with Crippen LogP contribution in [0.4, 0.5) is 0 Å². The lowest BCUT2D eigenvalue weighted by atomic mass is 10.1. The van der Waals surface area contributed by atoms with Crippen molar-refractivity contribution in [3.8, 4) is 0 Å². The Bertz CT molecular complexity index is 699. The topological polar surface area (TPSA) is 45.5 Å². The summed E-state index contributed by atoms with van der Waals surface area (Å²) in [6, 6.07) is 13.7. The molecule has 2 aromatic heterocycles. The maximum Gasteiger partial charge on any atom is 0.146 e. The number of pyridine rings is 1. The van der Waals surface area contributed by atoms with Crippen LogP contribution in [-0.2, 0) is 0 Å². The molecule has 0 aliphatic carbocycles. The highest BCUT2D eigenvalue weighted by molar-refractivity contribution is 7.12. The fourth-order valence-corrected chi connectivity index (χ4v) is 2.64. The Morgan fingerprint density at radius 3 is 2.78 bits per heavy atom. The maximum absolute atomic E-state index is 9.27. The molecular weight excluding hydrogens is 244 g/mol. The standard InChI is InChI=1S/C14H10N2OS/c17-16-14(12-6-3-9-18-12)13-11-5-2-1-4-10(11)7-8-15-13/h1-9,17H/b16-14+. The average Bonchev–Trinajstić information content (AvgIpc) is 2.94. The molecule has 0 spiro atoms. The fraction of sp³-hybridized carbons (Fsp3) is 0. The molecule has 3 nitrogen and oxygen atoms in total. The zero-order chi connectivity index (χ0) is 12.4. The summed E-state index contributed by atoms with van der Waals surface area (Å²) in [5.74, 6) is 0. The molecule has 0 amide bonds. The average molecular weight is 254 g/mol. The van der Waals surface area contributed by atoms with Gasteiger partial charge >= 0.3 is 0 Å². The first-order valence-corrected chi connectivity index (χ1v) is 6.38. The number of hydrogen-bond acceptors (Lipinski definition) is 4. The molecule has 88 valence electrons. The fourth-order valence-electron chi connectivity index (χ4n) is 1.93. The number of nitrogens with zero attached hydrogens (tertiary/aromatic N) is 2. The summed E-state index contributed by atoms with van der Waals surface area (Å²) in [4.78, 5) is 5.25. The molecule has 18 heavy (non-hydrogen) atoms. The highest BCUT2D eigenvalue weighted by Gasteiger charge is 2.13. The van der Waals surface area contributed by atoms with Crippen molar-refractivity contribution in [2.75, 3.05) is 0 Å². The van der Waals surface area contributed by atoms with Crippen LogP contribution in [0.25, 0.3) is 10.8 Å².